The van der Waals surface area contributed by atoms with Crippen LogP contribution in [-0.4, -0.2) is 12.5 Å². The third-order valence-corrected chi connectivity index (χ3v) is 4.98. The summed E-state index contributed by atoms with van der Waals surface area (Å²) >= 11 is 0. The first-order valence-electron chi connectivity index (χ1n) is 6.80. The Labute approximate surface area is 103 Å². The standard InChI is InChI=1S/C14H20N2O/c1-10-6-14(7-10,8-15)12(17)16-9-13(4-5-13)11-2-3-11/h10-11H,2-7,9H2,1H3,(H,16,17). The Morgan fingerprint density at radius 3 is 2.47 bits per heavy atom. The Morgan fingerprint density at radius 1 is 1.41 bits per heavy atom. The van der Waals surface area contributed by atoms with E-state index < -0.39 is 5.41 Å². The largest absolute Gasteiger partial charge is 0.354 e. The van der Waals surface area contributed by atoms with Crippen LogP contribution >= 0.6 is 0 Å². The SMILES string of the molecule is CC1CC(C#N)(C(=O)NCC2(C3CC3)CC2)C1. The van der Waals surface area contributed by atoms with Crippen molar-refractivity contribution in [3.63, 3.8) is 0 Å². The van der Waals surface area contributed by atoms with E-state index in [9.17, 15) is 10.1 Å². The molecule has 92 valence electrons. The average Bonchev–Trinajstić information content (AvgIpc) is 3.13. The molecule has 0 spiro atoms. The fourth-order valence-electron chi connectivity index (χ4n) is 3.47. The number of amides is 1. The summed E-state index contributed by atoms with van der Waals surface area (Å²) in [4.78, 5) is 12.1. The van der Waals surface area contributed by atoms with Crippen LogP contribution in [0.15, 0.2) is 0 Å². The molecule has 1 N–H and O–H groups in total. The molecule has 0 aromatic carbocycles. The van der Waals surface area contributed by atoms with Crippen LogP contribution in [-0.2, 0) is 4.79 Å². The molecule has 3 rings (SSSR count). The lowest BCUT2D eigenvalue weighted by atomic mass is 9.63. The summed E-state index contributed by atoms with van der Waals surface area (Å²) in [7, 11) is 0. The summed E-state index contributed by atoms with van der Waals surface area (Å²) in [5, 5.41) is 12.2. The lowest BCUT2D eigenvalue weighted by Crippen LogP contribution is -2.49. The first kappa shape index (κ1) is 11.1. The predicted octanol–water partition coefficient (Wildman–Crippen LogP) is 2.23. The number of hydrogen-bond donors (Lipinski definition) is 1. The Kier molecular flexibility index (Phi) is 2.26. The zero-order chi connectivity index (χ0) is 12.1. The number of hydrogen-bond acceptors (Lipinski definition) is 2. The van der Waals surface area contributed by atoms with Gasteiger partial charge in [-0.25, -0.2) is 0 Å². The third-order valence-electron chi connectivity index (χ3n) is 4.98. The molecule has 17 heavy (non-hydrogen) atoms. The Hall–Kier alpha value is -1.04. The number of nitrogens with one attached hydrogen (secondary N) is 1. The second kappa shape index (κ2) is 3.48. The minimum absolute atomic E-state index is 0.00924. The minimum atomic E-state index is -0.695. The molecule has 0 radical (unpaired) electrons. The molecular formula is C14H20N2O. The van der Waals surface area contributed by atoms with Gasteiger partial charge in [0.2, 0.25) is 5.91 Å². The molecule has 3 nitrogen and oxygen atoms in total. The molecule has 0 aromatic heterocycles. The first-order chi connectivity index (χ1) is 8.10. The molecule has 3 aliphatic carbocycles. The van der Waals surface area contributed by atoms with Crippen molar-refractivity contribution in [3.05, 3.63) is 0 Å². The van der Waals surface area contributed by atoms with E-state index in [1.54, 1.807) is 0 Å². The zero-order valence-electron chi connectivity index (χ0n) is 10.5. The number of carbonyl (C=O) groups excluding carboxylic acids is 1. The lowest BCUT2D eigenvalue weighted by molar-refractivity contribution is -0.134. The molecule has 0 aromatic rings. The molecule has 0 aliphatic heterocycles. The highest BCUT2D eigenvalue weighted by atomic mass is 16.2. The van der Waals surface area contributed by atoms with Gasteiger partial charge in [0.05, 0.1) is 6.07 Å². The fraction of sp³-hybridized carbons (Fsp3) is 0.857. The van der Waals surface area contributed by atoms with Crippen LogP contribution in [0.3, 0.4) is 0 Å². The molecule has 1 amide bonds. The maximum Gasteiger partial charge on any atom is 0.240 e. The van der Waals surface area contributed by atoms with Gasteiger partial charge in [-0.2, -0.15) is 5.26 Å². The van der Waals surface area contributed by atoms with Gasteiger partial charge in [0.15, 0.2) is 0 Å². The van der Waals surface area contributed by atoms with Gasteiger partial charge in [-0.15, -0.1) is 0 Å². The third kappa shape index (κ3) is 1.74. The molecule has 0 heterocycles. The van der Waals surface area contributed by atoms with Crippen LogP contribution in [0.1, 0.15) is 45.4 Å². The van der Waals surface area contributed by atoms with Gasteiger partial charge in [0.1, 0.15) is 5.41 Å². The topological polar surface area (TPSA) is 52.9 Å². The number of nitriles is 1. The number of rotatable bonds is 4. The maximum absolute atomic E-state index is 12.1. The van der Waals surface area contributed by atoms with Gasteiger partial charge in [-0.05, 0) is 55.8 Å². The summed E-state index contributed by atoms with van der Waals surface area (Å²) in [5.74, 6) is 1.38. The van der Waals surface area contributed by atoms with E-state index in [1.165, 1.54) is 25.7 Å². The van der Waals surface area contributed by atoms with Crippen LogP contribution in [0.4, 0.5) is 0 Å². The van der Waals surface area contributed by atoms with E-state index in [4.69, 9.17) is 0 Å². The first-order valence-corrected chi connectivity index (χ1v) is 6.80. The zero-order valence-corrected chi connectivity index (χ0v) is 10.5. The molecule has 0 atom stereocenters. The van der Waals surface area contributed by atoms with Crippen LogP contribution in [0.5, 0.6) is 0 Å². The number of carbonyl (C=O) groups is 1. The van der Waals surface area contributed by atoms with E-state index in [-0.39, 0.29) is 5.91 Å². The van der Waals surface area contributed by atoms with E-state index >= 15 is 0 Å². The van der Waals surface area contributed by atoms with Gasteiger partial charge >= 0.3 is 0 Å². The predicted molar refractivity (Wildman–Crippen MR) is 63.8 cm³/mol. The molecule has 3 heteroatoms. The van der Waals surface area contributed by atoms with E-state index in [2.05, 4.69) is 18.3 Å². The summed E-state index contributed by atoms with van der Waals surface area (Å²) in [6.45, 7) is 2.92. The quantitative estimate of drug-likeness (QED) is 0.808. The van der Waals surface area contributed by atoms with Gasteiger partial charge in [0, 0.05) is 6.54 Å². The van der Waals surface area contributed by atoms with Crippen molar-refractivity contribution in [3.8, 4) is 6.07 Å². The number of nitrogens with zero attached hydrogens (tertiary/aromatic N) is 1. The molecule has 0 saturated heterocycles. The molecule has 3 saturated carbocycles. The lowest BCUT2D eigenvalue weighted by Gasteiger charge is -2.39. The van der Waals surface area contributed by atoms with Crippen molar-refractivity contribution >= 4 is 5.91 Å². The van der Waals surface area contributed by atoms with E-state index in [0.29, 0.717) is 11.3 Å². The Balaban J connectivity index is 1.55. The molecule has 0 bridgehead atoms. The highest BCUT2D eigenvalue weighted by Crippen LogP contribution is 2.61. The summed E-state index contributed by atoms with van der Waals surface area (Å²) in [5.41, 5.74) is -0.263. The van der Waals surface area contributed by atoms with Crippen molar-refractivity contribution < 1.29 is 4.79 Å². The Morgan fingerprint density at radius 2 is 2.06 bits per heavy atom. The summed E-state index contributed by atoms with van der Waals surface area (Å²) in [6, 6.07) is 2.23. The van der Waals surface area contributed by atoms with Gasteiger partial charge in [0.25, 0.3) is 0 Å². The van der Waals surface area contributed by atoms with Gasteiger partial charge in [-0.1, -0.05) is 6.92 Å². The van der Waals surface area contributed by atoms with Crippen LogP contribution < -0.4 is 5.32 Å². The second-order valence-electron chi connectivity index (χ2n) is 6.53. The molecular weight excluding hydrogens is 212 g/mol. The molecule has 0 unspecified atom stereocenters. The Bertz CT molecular complexity index is 382. The van der Waals surface area contributed by atoms with Crippen molar-refractivity contribution in [2.24, 2.45) is 22.7 Å². The smallest absolute Gasteiger partial charge is 0.240 e. The van der Waals surface area contributed by atoms with Crippen molar-refractivity contribution in [1.29, 1.82) is 5.26 Å². The second-order valence-corrected chi connectivity index (χ2v) is 6.53. The monoisotopic (exact) mass is 232 g/mol. The van der Waals surface area contributed by atoms with E-state index in [0.717, 1.165) is 25.3 Å². The highest BCUT2D eigenvalue weighted by molar-refractivity contribution is 5.86. The van der Waals surface area contributed by atoms with E-state index in [1.807, 2.05) is 0 Å². The van der Waals surface area contributed by atoms with Crippen LogP contribution in [0.25, 0.3) is 0 Å². The summed E-state index contributed by atoms with van der Waals surface area (Å²) < 4.78 is 0. The summed E-state index contributed by atoms with van der Waals surface area (Å²) in [6.07, 6.45) is 6.71. The maximum atomic E-state index is 12.1. The van der Waals surface area contributed by atoms with Gasteiger partial charge < -0.3 is 5.32 Å². The molecule has 3 aliphatic rings. The molecule has 3 fully saturated rings. The minimum Gasteiger partial charge on any atom is -0.354 e. The van der Waals surface area contributed by atoms with Crippen LogP contribution in [0.2, 0.25) is 0 Å². The van der Waals surface area contributed by atoms with Crippen molar-refractivity contribution in [2.75, 3.05) is 6.54 Å². The van der Waals surface area contributed by atoms with Crippen molar-refractivity contribution in [1.82, 2.24) is 5.32 Å². The average molecular weight is 232 g/mol. The highest BCUT2D eigenvalue weighted by Gasteiger charge is 2.55. The van der Waals surface area contributed by atoms with Crippen LogP contribution in [0, 0.1) is 34.0 Å². The van der Waals surface area contributed by atoms with Gasteiger partial charge in [-0.3, -0.25) is 4.79 Å². The fourth-order valence-corrected chi connectivity index (χ4v) is 3.47. The normalized spacial score (nSPS) is 37.8. The van der Waals surface area contributed by atoms with Crippen molar-refractivity contribution in [2.45, 2.75) is 45.4 Å².